The Balaban J connectivity index is 1.32. The fraction of sp³-hybridized carbons (Fsp3) is 0.579. The number of H-pyrrole nitrogens is 1. The number of nitrogens with one attached hydrogen (secondary N) is 2. The van der Waals surface area contributed by atoms with Crippen molar-refractivity contribution in [3.63, 3.8) is 0 Å². The van der Waals surface area contributed by atoms with E-state index in [0.29, 0.717) is 18.5 Å². The Morgan fingerprint density at radius 3 is 2.92 bits per heavy atom. The summed E-state index contributed by atoms with van der Waals surface area (Å²) in [6, 6.07) is 8.45. The lowest BCUT2D eigenvalue weighted by atomic mass is 10.2. The van der Waals surface area contributed by atoms with Crippen LogP contribution in [0.5, 0.6) is 0 Å². The Hall–Kier alpha value is -2.08. The maximum Gasteiger partial charge on any atom is 0.234 e. The molecule has 2 N–H and O–H groups in total. The minimum atomic E-state index is 0.164. The lowest BCUT2D eigenvalue weighted by Crippen LogP contribution is -2.43. The molecule has 0 spiro atoms. The molecule has 0 radical (unpaired) electrons. The van der Waals surface area contributed by atoms with Crippen LogP contribution in [0.4, 0.5) is 5.95 Å². The topological polar surface area (TPSA) is 64.3 Å². The van der Waals surface area contributed by atoms with E-state index in [1.54, 1.807) is 0 Å². The summed E-state index contributed by atoms with van der Waals surface area (Å²) in [5.41, 5.74) is 2.08. The average Bonchev–Trinajstić information content (AvgIpc) is 3.39. The number of para-hydroxylation sites is 2. The van der Waals surface area contributed by atoms with E-state index in [9.17, 15) is 4.79 Å². The number of amides is 1. The van der Waals surface area contributed by atoms with Crippen LogP contribution in [0.1, 0.15) is 26.2 Å². The molecule has 2 aliphatic rings. The van der Waals surface area contributed by atoms with Gasteiger partial charge in [-0.15, -0.1) is 0 Å². The van der Waals surface area contributed by atoms with Crippen molar-refractivity contribution in [3.8, 4) is 0 Å². The first kappa shape index (κ1) is 16.4. The third-order valence-corrected chi connectivity index (χ3v) is 5.35. The number of benzene rings is 1. The summed E-state index contributed by atoms with van der Waals surface area (Å²) in [7, 11) is 0. The van der Waals surface area contributed by atoms with Crippen LogP contribution in [0.2, 0.25) is 0 Å². The molecule has 6 nitrogen and oxygen atoms in total. The fourth-order valence-corrected chi connectivity index (χ4v) is 3.65. The van der Waals surface area contributed by atoms with Gasteiger partial charge in [-0.1, -0.05) is 12.1 Å². The molecule has 2 fully saturated rings. The number of hydrogen-bond acceptors (Lipinski definition) is 4. The van der Waals surface area contributed by atoms with Gasteiger partial charge in [-0.25, -0.2) is 4.98 Å². The van der Waals surface area contributed by atoms with Crippen molar-refractivity contribution in [2.75, 3.05) is 37.6 Å². The third-order valence-electron chi connectivity index (χ3n) is 5.35. The minimum absolute atomic E-state index is 0.164. The van der Waals surface area contributed by atoms with E-state index >= 15 is 0 Å². The smallest absolute Gasteiger partial charge is 0.234 e. The van der Waals surface area contributed by atoms with Crippen LogP contribution in [-0.4, -0.2) is 59.5 Å². The normalized spacial score (nSPS) is 20.4. The van der Waals surface area contributed by atoms with Gasteiger partial charge < -0.3 is 15.2 Å². The van der Waals surface area contributed by atoms with Crippen molar-refractivity contribution in [3.05, 3.63) is 24.3 Å². The van der Waals surface area contributed by atoms with Gasteiger partial charge in [0.25, 0.3) is 0 Å². The number of nitrogens with zero attached hydrogens (tertiary/aromatic N) is 3. The summed E-state index contributed by atoms with van der Waals surface area (Å²) in [6.45, 7) is 6.35. The summed E-state index contributed by atoms with van der Waals surface area (Å²) in [5, 5.41) is 3.16. The van der Waals surface area contributed by atoms with E-state index in [-0.39, 0.29) is 5.91 Å². The van der Waals surface area contributed by atoms with E-state index in [1.807, 2.05) is 18.2 Å². The van der Waals surface area contributed by atoms with Crippen LogP contribution in [0.15, 0.2) is 24.3 Å². The molecular weight excluding hydrogens is 314 g/mol. The molecule has 0 bridgehead atoms. The zero-order valence-corrected chi connectivity index (χ0v) is 14.9. The summed E-state index contributed by atoms with van der Waals surface area (Å²) in [5.74, 6) is 1.81. The van der Waals surface area contributed by atoms with E-state index in [4.69, 9.17) is 4.98 Å². The maximum absolute atomic E-state index is 12.3. The van der Waals surface area contributed by atoms with Crippen LogP contribution < -0.4 is 10.2 Å². The van der Waals surface area contributed by atoms with Crippen molar-refractivity contribution in [2.45, 2.75) is 32.2 Å². The lowest BCUT2D eigenvalue weighted by Gasteiger charge is -2.22. The van der Waals surface area contributed by atoms with E-state index in [2.05, 4.69) is 33.1 Å². The molecule has 1 aromatic carbocycles. The van der Waals surface area contributed by atoms with Gasteiger partial charge in [0.2, 0.25) is 11.9 Å². The molecular formula is C19H27N5O. The number of anilines is 1. The van der Waals surface area contributed by atoms with Crippen molar-refractivity contribution in [1.29, 1.82) is 0 Å². The van der Waals surface area contributed by atoms with Crippen LogP contribution >= 0.6 is 0 Å². The first-order valence-corrected chi connectivity index (χ1v) is 9.40. The zero-order valence-electron chi connectivity index (χ0n) is 14.9. The Morgan fingerprint density at radius 2 is 2.12 bits per heavy atom. The Bertz CT molecular complexity index is 705. The van der Waals surface area contributed by atoms with Gasteiger partial charge in [-0.3, -0.25) is 9.69 Å². The predicted octanol–water partition coefficient (Wildman–Crippen LogP) is 1.99. The number of carbonyl (C=O) groups is 1. The second kappa shape index (κ2) is 7.04. The molecule has 1 saturated heterocycles. The summed E-state index contributed by atoms with van der Waals surface area (Å²) >= 11 is 0. The van der Waals surface area contributed by atoms with Gasteiger partial charge >= 0.3 is 0 Å². The van der Waals surface area contributed by atoms with Crippen LogP contribution in [0, 0.1) is 5.92 Å². The van der Waals surface area contributed by atoms with Crippen molar-refractivity contribution in [2.24, 2.45) is 5.92 Å². The first-order valence-electron chi connectivity index (χ1n) is 9.40. The highest BCUT2D eigenvalue weighted by atomic mass is 16.2. The molecule has 2 heterocycles. The molecule has 25 heavy (non-hydrogen) atoms. The molecule has 1 atom stereocenters. The standard InChI is InChI=1S/C19H27N5O/c1-14(15-7-8-15)20-18(25)13-23-9-4-10-24(12-11-23)19-21-16-5-2-3-6-17(16)22-19/h2-3,5-6,14-15H,4,7-13H2,1H3,(H,20,25)(H,21,22)/t14-/m1/s1. The quantitative estimate of drug-likeness (QED) is 0.873. The fourth-order valence-electron chi connectivity index (χ4n) is 3.65. The van der Waals surface area contributed by atoms with E-state index < -0.39 is 0 Å². The molecule has 1 amide bonds. The highest BCUT2D eigenvalue weighted by Crippen LogP contribution is 2.32. The lowest BCUT2D eigenvalue weighted by molar-refractivity contribution is -0.122. The maximum atomic E-state index is 12.3. The van der Waals surface area contributed by atoms with Gasteiger partial charge in [0.05, 0.1) is 17.6 Å². The number of aromatic nitrogens is 2. The Labute approximate surface area is 148 Å². The predicted molar refractivity (Wildman–Crippen MR) is 99.7 cm³/mol. The Kier molecular flexibility index (Phi) is 4.61. The van der Waals surface area contributed by atoms with Crippen molar-refractivity contribution >= 4 is 22.9 Å². The van der Waals surface area contributed by atoms with Crippen molar-refractivity contribution in [1.82, 2.24) is 20.2 Å². The largest absolute Gasteiger partial charge is 0.352 e. The monoisotopic (exact) mass is 341 g/mol. The zero-order chi connectivity index (χ0) is 17.2. The van der Waals surface area contributed by atoms with Gasteiger partial charge in [-0.2, -0.15) is 0 Å². The van der Waals surface area contributed by atoms with E-state index in [0.717, 1.165) is 49.6 Å². The number of carbonyl (C=O) groups excluding carboxylic acids is 1. The van der Waals surface area contributed by atoms with E-state index in [1.165, 1.54) is 12.8 Å². The second-order valence-electron chi connectivity index (χ2n) is 7.39. The van der Waals surface area contributed by atoms with Gasteiger partial charge in [0.15, 0.2) is 0 Å². The van der Waals surface area contributed by atoms with Gasteiger partial charge in [0.1, 0.15) is 0 Å². The summed E-state index contributed by atoms with van der Waals surface area (Å²) in [6.07, 6.45) is 3.57. The molecule has 2 aromatic rings. The number of hydrogen-bond donors (Lipinski definition) is 2. The number of rotatable bonds is 5. The highest BCUT2D eigenvalue weighted by molar-refractivity contribution is 5.78. The molecule has 134 valence electrons. The summed E-state index contributed by atoms with van der Waals surface area (Å²) in [4.78, 5) is 24.9. The third kappa shape index (κ3) is 3.95. The first-order chi connectivity index (χ1) is 12.2. The SMILES string of the molecule is C[C@@H](NC(=O)CN1CCCN(c2nc3ccccc3[nH]2)CC1)C1CC1. The summed E-state index contributed by atoms with van der Waals surface area (Å²) < 4.78 is 0. The molecule has 1 saturated carbocycles. The van der Waals surface area contributed by atoms with Gasteiger partial charge in [0, 0.05) is 32.2 Å². The molecule has 1 aromatic heterocycles. The molecule has 0 unspecified atom stereocenters. The van der Waals surface area contributed by atoms with Crippen molar-refractivity contribution < 1.29 is 4.79 Å². The number of fused-ring (bicyclic) bond motifs is 1. The van der Waals surface area contributed by atoms with Crippen LogP contribution in [0.3, 0.4) is 0 Å². The molecule has 6 heteroatoms. The Morgan fingerprint density at radius 1 is 1.28 bits per heavy atom. The second-order valence-corrected chi connectivity index (χ2v) is 7.39. The highest BCUT2D eigenvalue weighted by Gasteiger charge is 2.29. The van der Waals surface area contributed by atoms with Gasteiger partial charge in [-0.05, 0) is 44.2 Å². The average molecular weight is 341 g/mol. The molecule has 1 aliphatic heterocycles. The number of imidazole rings is 1. The minimum Gasteiger partial charge on any atom is -0.352 e. The number of aromatic amines is 1. The van der Waals surface area contributed by atoms with Crippen LogP contribution in [0.25, 0.3) is 11.0 Å². The van der Waals surface area contributed by atoms with Crippen LogP contribution in [-0.2, 0) is 4.79 Å². The molecule has 4 rings (SSSR count). The molecule has 1 aliphatic carbocycles.